The molecule has 8 heteroatoms. The molecule has 0 bridgehead atoms. The van der Waals surface area contributed by atoms with Crippen molar-refractivity contribution in [1.29, 1.82) is 0 Å². The summed E-state index contributed by atoms with van der Waals surface area (Å²) in [7, 11) is 0. The standard InChI is InChI=1S/C25H31BrCl2N2O3/c1-6-16(4)29-25(32)17(5)30(13-19-7-9-20(27)12-22(19)28)24(31)14-33-23-10-8-18(15(2)3)11-21(23)26/h7-12,15-17H,6,13-14H2,1-5H3,(H,29,32)/t16-,17-/m0/s1. The number of carbonyl (C=O) groups is 2. The summed E-state index contributed by atoms with van der Waals surface area (Å²) in [5.41, 5.74) is 1.86. The Labute approximate surface area is 214 Å². The molecule has 2 aromatic rings. The Morgan fingerprint density at radius 1 is 1.09 bits per heavy atom. The fraction of sp³-hybridized carbons (Fsp3) is 0.440. The van der Waals surface area contributed by atoms with E-state index in [2.05, 4.69) is 35.1 Å². The van der Waals surface area contributed by atoms with Crippen molar-refractivity contribution in [2.45, 2.75) is 65.6 Å². The van der Waals surface area contributed by atoms with Crippen LogP contribution in [0.15, 0.2) is 40.9 Å². The van der Waals surface area contributed by atoms with E-state index in [4.69, 9.17) is 27.9 Å². The van der Waals surface area contributed by atoms with Gasteiger partial charge in [-0.25, -0.2) is 0 Å². The molecule has 0 aliphatic carbocycles. The number of benzene rings is 2. The van der Waals surface area contributed by atoms with Crippen LogP contribution in [0.3, 0.4) is 0 Å². The number of rotatable bonds is 10. The summed E-state index contributed by atoms with van der Waals surface area (Å²) in [6, 6.07) is 10.2. The molecule has 0 saturated heterocycles. The Balaban J connectivity index is 2.22. The van der Waals surface area contributed by atoms with Crippen LogP contribution in [0.5, 0.6) is 5.75 Å². The van der Waals surface area contributed by atoms with Crippen molar-refractivity contribution in [2.24, 2.45) is 0 Å². The van der Waals surface area contributed by atoms with Gasteiger partial charge in [-0.15, -0.1) is 0 Å². The molecule has 0 aliphatic heterocycles. The number of amides is 2. The maximum atomic E-state index is 13.2. The van der Waals surface area contributed by atoms with E-state index in [0.717, 1.165) is 16.5 Å². The highest BCUT2D eigenvalue weighted by Gasteiger charge is 2.28. The van der Waals surface area contributed by atoms with Crippen LogP contribution in [0.1, 0.15) is 58.1 Å². The SMILES string of the molecule is CC[C@H](C)NC(=O)[C@H](C)N(Cc1ccc(Cl)cc1Cl)C(=O)COc1ccc(C(C)C)cc1Br. The zero-order valence-electron chi connectivity index (χ0n) is 19.6. The van der Waals surface area contributed by atoms with Crippen LogP contribution < -0.4 is 10.1 Å². The van der Waals surface area contributed by atoms with E-state index in [0.29, 0.717) is 27.3 Å². The lowest BCUT2D eigenvalue weighted by Crippen LogP contribution is -2.50. The molecule has 33 heavy (non-hydrogen) atoms. The highest BCUT2D eigenvalue weighted by Crippen LogP contribution is 2.29. The smallest absolute Gasteiger partial charge is 0.261 e. The molecule has 0 unspecified atom stereocenters. The van der Waals surface area contributed by atoms with Crippen LogP contribution in [0.4, 0.5) is 0 Å². The van der Waals surface area contributed by atoms with Crippen LogP contribution in [0.2, 0.25) is 10.0 Å². The molecule has 0 aromatic heterocycles. The third-order valence-electron chi connectivity index (χ3n) is 5.50. The fourth-order valence-corrected chi connectivity index (χ4v) is 4.08. The molecule has 1 N–H and O–H groups in total. The molecule has 0 saturated carbocycles. The molecule has 2 amide bonds. The third-order valence-corrected chi connectivity index (χ3v) is 6.70. The van der Waals surface area contributed by atoms with E-state index in [-0.39, 0.29) is 31.0 Å². The van der Waals surface area contributed by atoms with Gasteiger partial charge in [-0.1, -0.05) is 56.1 Å². The molecule has 5 nitrogen and oxygen atoms in total. The lowest BCUT2D eigenvalue weighted by molar-refractivity contribution is -0.142. The van der Waals surface area contributed by atoms with E-state index in [1.54, 1.807) is 25.1 Å². The molecule has 0 aliphatic rings. The van der Waals surface area contributed by atoms with Gasteiger partial charge in [-0.2, -0.15) is 0 Å². The lowest BCUT2D eigenvalue weighted by Gasteiger charge is -2.30. The minimum absolute atomic E-state index is 0.00250. The van der Waals surface area contributed by atoms with Crippen molar-refractivity contribution in [1.82, 2.24) is 10.2 Å². The van der Waals surface area contributed by atoms with Crippen LogP contribution in [0.25, 0.3) is 0 Å². The maximum absolute atomic E-state index is 13.2. The maximum Gasteiger partial charge on any atom is 0.261 e. The van der Waals surface area contributed by atoms with Crippen LogP contribution >= 0.6 is 39.1 Å². The second kappa shape index (κ2) is 12.6. The molecule has 0 radical (unpaired) electrons. The number of nitrogens with one attached hydrogen (secondary N) is 1. The first-order valence-electron chi connectivity index (χ1n) is 11.0. The van der Waals surface area contributed by atoms with E-state index in [1.807, 2.05) is 32.0 Å². The van der Waals surface area contributed by atoms with Gasteiger partial charge in [0.1, 0.15) is 11.8 Å². The van der Waals surface area contributed by atoms with Crippen molar-refractivity contribution >= 4 is 50.9 Å². The molecule has 0 spiro atoms. The van der Waals surface area contributed by atoms with Crippen LogP contribution in [-0.4, -0.2) is 35.4 Å². The van der Waals surface area contributed by atoms with Gasteiger partial charge in [-0.05, 0) is 77.5 Å². The fourth-order valence-electron chi connectivity index (χ4n) is 3.10. The van der Waals surface area contributed by atoms with Gasteiger partial charge >= 0.3 is 0 Å². The van der Waals surface area contributed by atoms with Crippen molar-refractivity contribution < 1.29 is 14.3 Å². The van der Waals surface area contributed by atoms with E-state index >= 15 is 0 Å². The van der Waals surface area contributed by atoms with Gasteiger partial charge in [0.25, 0.3) is 5.91 Å². The Hall–Kier alpha value is -1.76. The second-order valence-electron chi connectivity index (χ2n) is 8.38. The van der Waals surface area contributed by atoms with E-state index < -0.39 is 6.04 Å². The Bertz CT molecular complexity index is 984. The van der Waals surface area contributed by atoms with E-state index in [1.165, 1.54) is 4.90 Å². The Morgan fingerprint density at radius 2 is 1.79 bits per heavy atom. The summed E-state index contributed by atoms with van der Waals surface area (Å²) in [4.78, 5) is 27.5. The van der Waals surface area contributed by atoms with Crippen LogP contribution in [0, 0.1) is 0 Å². The minimum atomic E-state index is -0.714. The molecular formula is C25H31BrCl2N2O3. The average Bonchev–Trinajstić information content (AvgIpc) is 2.76. The second-order valence-corrected chi connectivity index (χ2v) is 10.1. The zero-order valence-corrected chi connectivity index (χ0v) is 22.7. The summed E-state index contributed by atoms with van der Waals surface area (Å²) < 4.78 is 6.58. The molecule has 2 atom stereocenters. The first-order valence-corrected chi connectivity index (χ1v) is 12.5. The van der Waals surface area contributed by atoms with Crippen molar-refractivity contribution in [3.8, 4) is 5.75 Å². The summed E-state index contributed by atoms with van der Waals surface area (Å²) in [5, 5.41) is 3.87. The van der Waals surface area contributed by atoms with Crippen molar-refractivity contribution in [3.63, 3.8) is 0 Å². The number of hydrogen-bond donors (Lipinski definition) is 1. The van der Waals surface area contributed by atoms with Crippen LogP contribution in [-0.2, 0) is 16.1 Å². The number of carbonyl (C=O) groups excluding carboxylic acids is 2. The number of hydrogen-bond acceptors (Lipinski definition) is 3. The predicted molar refractivity (Wildman–Crippen MR) is 138 cm³/mol. The van der Waals surface area contributed by atoms with Gasteiger partial charge in [0.05, 0.1) is 4.47 Å². The number of halogens is 3. The van der Waals surface area contributed by atoms with Gasteiger partial charge in [-0.3, -0.25) is 9.59 Å². The third kappa shape index (κ3) is 7.90. The summed E-state index contributed by atoms with van der Waals surface area (Å²) in [6.07, 6.45) is 0.791. The normalized spacial score (nSPS) is 12.9. The van der Waals surface area contributed by atoms with Gasteiger partial charge in [0.2, 0.25) is 5.91 Å². The molecule has 180 valence electrons. The Kier molecular flexibility index (Phi) is 10.5. The van der Waals surface area contributed by atoms with Gasteiger partial charge < -0.3 is 15.0 Å². The van der Waals surface area contributed by atoms with Gasteiger partial charge in [0, 0.05) is 22.6 Å². The molecule has 2 aromatic carbocycles. The number of nitrogens with zero attached hydrogens (tertiary/aromatic N) is 1. The lowest BCUT2D eigenvalue weighted by atomic mass is 10.0. The van der Waals surface area contributed by atoms with E-state index in [9.17, 15) is 9.59 Å². The first-order chi connectivity index (χ1) is 15.5. The van der Waals surface area contributed by atoms with Crippen molar-refractivity contribution in [2.75, 3.05) is 6.61 Å². The number of ether oxygens (including phenoxy) is 1. The summed E-state index contributed by atoms with van der Waals surface area (Å²) in [6.45, 7) is 9.77. The highest BCUT2D eigenvalue weighted by molar-refractivity contribution is 9.10. The quantitative estimate of drug-likeness (QED) is 0.358. The van der Waals surface area contributed by atoms with Gasteiger partial charge in [0.15, 0.2) is 6.61 Å². The molecule has 0 heterocycles. The average molecular weight is 558 g/mol. The monoisotopic (exact) mass is 556 g/mol. The summed E-state index contributed by atoms with van der Waals surface area (Å²) in [5.74, 6) is 0.383. The molecule has 2 rings (SSSR count). The predicted octanol–water partition coefficient (Wildman–Crippen LogP) is 6.59. The Morgan fingerprint density at radius 3 is 2.36 bits per heavy atom. The van der Waals surface area contributed by atoms with Crippen molar-refractivity contribution in [3.05, 3.63) is 62.0 Å². The minimum Gasteiger partial charge on any atom is -0.483 e. The molecule has 0 fully saturated rings. The zero-order chi connectivity index (χ0) is 24.7. The highest BCUT2D eigenvalue weighted by atomic mass is 79.9. The topological polar surface area (TPSA) is 58.6 Å². The molecular weight excluding hydrogens is 527 g/mol. The largest absolute Gasteiger partial charge is 0.483 e. The summed E-state index contributed by atoms with van der Waals surface area (Å²) >= 11 is 15.9. The first kappa shape index (κ1) is 27.5.